The van der Waals surface area contributed by atoms with Crippen molar-refractivity contribution in [2.75, 3.05) is 26.9 Å². The molecule has 0 atom stereocenters. The third-order valence-corrected chi connectivity index (χ3v) is 3.57. The molecule has 0 saturated carbocycles. The Morgan fingerprint density at radius 1 is 1.16 bits per heavy atom. The number of aryl methyl sites for hydroxylation is 1. The zero-order chi connectivity index (χ0) is 16.8. The highest BCUT2D eigenvalue weighted by atomic mass is 127. The van der Waals surface area contributed by atoms with Gasteiger partial charge in [-0.15, -0.1) is 24.0 Å². The summed E-state index contributed by atoms with van der Waals surface area (Å²) in [5.74, 6) is 3.63. The Balaban J connectivity index is 0.00000225. The zero-order valence-corrected chi connectivity index (χ0v) is 16.6. The number of rotatable bonds is 6. The first-order chi connectivity index (χ1) is 11.7. The van der Waals surface area contributed by atoms with Crippen LogP contribution in [0.4, 0.5) is 0 Å². The smallest absolute Gasteiger partial charge is 0.231 e. The Labute approximate surface area is 163 Å². The fourth-order valence-corrected chi connectivity index (χ4v) is 2.37. The van der Waals surface area contributed by atoms with Gasteiger partial charge in [0.1, 0.15) is 0 Å². The summed E-state index contributed by atoms with van der Waals surface area (Å²) < 4.78 is 15.8. The number of aromatic nitrogens is 2. The van der Waals surface area contributed by atoms with Gasteiger partial charge in [0.15, 0.2) is 23.3 Å². The molecule has 2 N–H and O–H groups in total. The van der Waals surface area contributed by atoms with Crippen LogP contribution in [0, 0.1) is 6.92 Å². The molecule has 0 saturated heterocycles. The van der Waals surface area contributed by atoms with E-state index in [-0.39, 0.29) is 24.0 Å². The summed E-state index contributed by atoms with van der Waals surface area (Å²) in [6.07, 6.45) is 1.52. The highest BCUT2D eigenvalue weighted by Gasteiger charge is 2.13. The third-order valence-electron chi connectivity index (χ3n) is 3.57. The molecule has 25 heavy (non-hydrogen) atoms. The minimum atomic E-state index is 0. The Kier molecular flexibility index (Phi) is 7.29. The maximum Gasteiger partial charge on any atom is 0.231 e. The lowest BCUT2D eigenvalue weighted by molar-refractivity contribution is 0.174. The number of fused-ring (bicyclic) bond motifs is 1. The Morgan fingerprint density at radius 3 is 2.64 bits per heavy atom. The number of nitrogens with one attached hydrogen (secondary N) is 2. The topological polar surface area (TPSA) is 93.8 Å². The fraction of sp³-hybridized carbons (Fsp3) is 0.438. The van der Waals surface area contributed by atoms with Crippen LogP contribution in [-0.4, -0.2) is 43.0 Å². The number of hydrogen-bond acceptors (Lipinski definition) is 6. The van der Waals surface area contributed by atoms with Gasteiger partial charge in [0.25, 0.3) is 0 Å². The van der Waals surface area contributed by atoms with Crippen molar-refractivity contribution in [2.45, 2.75) is 19.8 Å². The molecule has 1 aromatic carbocycles. The third kappa shape index (κ3) is 5.48. The van der Waals surface area contributed by atoms with E-state index in [2.05, 4.69) is 25.8 Å². The number of ether oxygens (including phenoxy) is 2. The molecule has 1 aliphatic heterocycles. The van der Waals surface area contributed by atoms with E-state index >= 15 is 0 Å². The highest BCUT2D eigenvalue weighted by Crippen LogP contribution is 2.32. The molecular formula is C16H22IN5O3. The molecule has 0 amide bonds. The highest BCUT2D eigenvalue weighted by molar-refractivity contribution is 14.0. The van der Waals surface area contributed by atoms with Crippen molar-refractivity contribution in [2.24, 2.45) is 4.99 Å². The molecule has 2 aromatic rings. The first-order valence-electron chi connectivity index (χ1n) is 7.87. The number of halogens is 1. The Morgan fingerprint density at radius 2 is 1.92 bits per heavy atom. The van der Waals surface area contributed by atoms with Crippen molar-refractivity contribution < 1.29 is 14.0 Å². The van der Waals surface area contributed by atoms with Crippen LogP contribution in [0.2, 0.25) is 0 Å². The zero-order valence-electron chi connectivity index (χ0n) is 14.2. The summed E-state index contributed by atoms with van der Waals surface area (Å²) in [4.78, 5) is 8.36. The van der Waals surface area contributed by atoms with Crippen molar-refractivity contribution in [1.29, 1.82) is 0 Å². The maximum atomic E-state index is 5.39. The van der Waals surface area contributed by atoms with Gasteiger partial charge in [-0.25, -0.2) is 0 Å². The van der Waals surface area contributed by atoms with Gasteiger partial charge in [-0.3, -0.25) is 4.99 Å². The standard InChI is InChI=1S/C16H21N5O3.HI/c1-11-20-15(24-21-11)6-8-19-16(17-2)18-7-5-12-3-4-13-14(9-12)23-10-22-13;/h3-4,9H,5-8,10H2,1-2H3,(H2,17,18,19);1H. The molecule has 9 heteroatoms. The van der Waals surface area contributed by atoms with Gasteiger partial charge in [-0.05, 0) is 31.0 Å². The summed E-state index contributed by atoms with van der Waals surface area (Å²) in [7, 11) is 1.74. The predicted molar refractivity (Wildman–Crippen MR) is 104 cm³/mol. The number of hydrogen-bond donors (Lipinski definition) is 2. The van der Waals surface area contributed by atoms with E-state index in [4.69, 9.17) is 14.0 Å². The van der Waals surface area contributed by atoms with Gasteiger partial charge in [0.05, 0.1) is 0 Å². The second kappa shape index (κ2) is 9.44. The van der Waals surface area contributed by atoms with Gasteiger partial charge in [-0.1, -0.05) is 11.2 Å². The molecule has 0 bridgehead atoms. The molecule has 1 aromatic heterocycles. The van der Waals surface area contributed by atoms with Crippen LogP contribution >= 0.6 is 24.0 Å². The predicted octanol–water partition coefficient (Wildman–Crippen LogP) is 1.67. The van der Waals surface area contributed by atoms with E-state index in [0.29, 0.717) is 31.5 Å². The van der Waals surface area contributed by atoms with Crippen LogP contribution in [0.5, 0.6) is 11.5 Å². The monoisotopic (exact) mass is 459 g/mol. The molecule has 8 nitrogen and oxygen atoms in total. The maximum absolute atomic E-state index is 5.39. The lowest BCUT2D eigenvalue weighted by atomic mass is 10.1. The van der Waals surface area contributed by atoms with Crippen molar-refractivity contribution >= 4 is 29.9 Å². The van der Waals surface area contributed by atoms with Crippen LogP contribution in [0.1, 0.15) is 17.3 Å². The van der Waals surface area contributed by atoms with E-state index < -0.39 is 0 Å². The van der Waals surface area contributed by atoms with Gasteiger partial charge < -0.3 is 24.6 Å². The average molecular weight is 459 g/mol. The molecule has 0 fully saturated rings. The largest absolute Gasteiger partial charge is 0.454 e. The van der Waals surface area contributed by atoms with Gasteiger partial charge >= 0.3 is 0 Å². The van der Waals surface area contributed by atoms with Crippen molar-refractivity contribution in [3.05, 3.63) is 35.5 Å². The Hall–Kier alpha value is -2.04. The quantitative estimate of drug-likeness (QED) is 0.386. The molecular weight excluding hydrogens is 437 g/mol. The summed E-state index contributed by atoms with van der Waals surface area (Å²) in [6, 6.07) is 6.00. The average Bonchev–Trinajstić information content (AvgIpc) is 3.21. The van der Waals surface area contributed by atoms with E-state index in [1.54, 1.807) is 14.0 Å². The second-order valence-electron chi connectivity index (χ2n) is 5.35. The first kappa shape index (κ1) is 19.3. The fourth-order valence-electron chi connectivity index (χ4n) is 2.37. The molecule has 0 aliphatic carbocycles. The van der Waals surface area contributed by atoms with Crippen LogP contribution in [0.15, 0.2) is 27.7 Å². The molecule has 3 rings (SSSR count). The van der Waals surface area contributed by atoms with E-state index in [1.807, 2.05) is 18.2 Å². The summed E-state index contributed by atoms with van der Waals surface area (Å²) in [5, 5.41) is 10.3. The summed E-state index contributed by atoms with van der Waals surface area (Å²) >= 11 is 0. The van der Waals surface area contributed by atoms with E-state index in [9.17, 15) is 0 Å². The first-order valence-corrected chi connectivity index (χ1v) is 7.87. The van der Waals surface area contributed by atoms with Gasteiger partial charge in [-0.2, -0.15) is 4.98 Å². The van der Waals surface area contributed by atoms with Gasteiger partial charge in [0, 0.05) is 26.6 Å². The Bertz CT molecular complexity index is 720. The number of aliphatic imine (C=N–C) groups is 1. The number of nitrogens with zero attached hydrogens (tertiary/aromatic N) is 3. The van der Waals surface area contributed by atoms with E-state index in [0.717, 1.165) is 30.4 Å². The lowest BCUT2D eigenvalue weighted by Crippen LogP contribution is -2.39. The van der Waals surface area contributed by atoms with Crippen LogP contribution in [0.25, 0.3) is 0 Å². The molecule has 2 heterocycles. The summed E-state index contributed by atoms with van der Waals surface area (Å²) in [6.45, 7) is 3.54. The molecule has 0 spiro atoms. The number of guanidine groups is 1. The van der Waals surface area contributed by atoms with Crippen molar-refractivity contribution in [3.63, 3.8) is 0 Å². The van der Waals surface area contributed by atoms with E-state index in [1.165, 1.54) is 5.56 Å². The van der Waals surface area contributed by atoms with Crippen LogP contribution in [-0.2, 0) is 12.8 Å². The minimum Gasteiger partial charge on any atom is -0.454 e. The normalized spacial score (nSPS) is 12.6. The summed E-state index contributed by atoms with van der Waals surface area (Å²) in [5.41, 5.74) is 1.18. The van der Waals surface area contributed by atoms with Gasteiger partial charge in [0.2, 0.25) is 12.7 Å². The lowest BCUT2D eigenvalue weighted by Gasteiger charge is -2.11. The van der Waals surface area contributed by atoms with Crippen LogP contribution in [0.3, 0.4) is 0 Å². The van der Waals surface area contributed by atoms with Crippen molar-refractivity contribution in [3.8, 4) is 11.5 Å². The van der Waals surface area contributed by atoms with Crippen molar-refractivity contribution in [1.82, 2.24) is 20.8 Å². The second-order valence-corrected chi connectivity index (χ2v) is 5.35. The minimum absolute atomic E-state index is 0. The molecule has 1 aliphatic rings. The molecule has 136 valence electrons. The number of benzene rings is 1. The molecule has 0 radical (unpaired) electrons. The SMILES string of the molecule is CN=C(NCCc1ccc2c(c1)OCO2)NCCc1nc(C)no1.I. The van der Waals surface area contributed by atoms with Crippen LogP contribution < -0.4 is 20.1 Å². The molecule has 0 unspecified atom stereocenters.